The van der Waals surface area contributed by atoms with Crippen molar-refractivity contribution in [1.29, 1.82) is 0 Å². The van der Waals surface area contributed by atoms with Crippen LogP contribution in [-0.2, 0) is 4.79 Å². The van der Waals surface area contributed by atoms with Gasteiger partial charge in [0.05, 0.1) is 24.7 Å². The van der Waals surface area contributed by atoms with Crippen molar-refractivity contribution >= 4 is 23.4 Å². The number of rotatable bonds is 5. The smallest absolute Gasteiger partial charge is 0.238 e. The van der Waals surface area contributed by atoms with E-state index in [1.54, 1.807) is 25.1 Å². The molecule has 1 fully saturated rings. The molecule has 0 saturated carbocycles. The summed E-state index contributed by atoms with van der Waals surface area (Å²) < 4.78 is 9.15. The standard InChI is InChI=1S/C23H20N4O2S/c1-29-19-11-9-17(10-12-19)23-26(21(28)16-30-23)20-15-24-27(18-7-3-2-4-8-18)22(20)25-13-5-6-14-25/h2-15,23H,16H2,1H3. The number of benzene rings is 2. The van der Waals surface area contributed by atoms with E-state index in [2.05, 4.69) is 5.10 Å². The molecule has 0 aliphatic carbocycles. The van der Waals surface area contributed by atoms with Gasteiger partial charge in [-0.05, 0) is 42.0 Å². The van der Waals surface area contributed by atoms with Crippen LogP contribution < -0.4 is 9.64 Å². The molecular weight excluding hydrogens is 396 g/mol. The Labute approximate surface area is 178 Å². The molecule has 0 spiro atoms. The zero-order valence-corrected chi connectivity index (χ0v) is 17.2. The van der Waals surface area contributed by atoms with Gasteiger partial charge in [0, 0.05) is 12.4 Å². The SMILES string of the molecule is COc1ccc(C2SCC(=O)N2c2cnn(-c3ccccc3)c2-n2cccc2)cc1. The second-order valence-electron chi connectivity index (χ2n) is 6.89. The monoisotopic (exact) mass is 416 g/mol. The van der Waals surface area contributed by atoms with Gasteiger partial charge in [0.1, 0.15) is 16.8 Å². The summed E-state index contributed by atoms with van der Waals surface area (Å²) in [6.45, 7) is 0. The molecule has 2 aromatic carbocycles. The van der Waals surface area contributed by atoms with E-state index in [0.717, 1.165) is 28.5 Å². The maximum absolute atomic E-state index is 13.0. The first-order chi connectivity index (χ1) is 14.8. The third-order valence-corrected chi connectivity index (χ3v) is 6.32. The number of para-hydroxylation sites is 1. The summed E-state index contributed by atoms with van der Waals surface area (Å²) in [5, 5.41) is 4.53. The maximum atomic E-state index is 13.0. The van der Waals surface area contributed by atoms with Gasteiger partial charge in [0.2, 0.25) is 5.91 Å². The van der Waals surface area contributed by atoms with E-state index in [1.807, 2.05) is 93.3 Å². The van der Waals surface area contributed by atoms with Gasteiger partial charge in [-0.2, -0.15) is 5.10 Å². The first kappa shape index (κ1) is 18.6. The van der Waals surface area contributed by atoms with Crippen LogP contribution in [0.2, 0.25) is 0 Å². The molecule has 0 bridgehead atoms. The molecule has 1 unspecified atom stereocenters. The highest BCUT2D eigenvalue weighted by atomic mass is 32.2. The fourth-order valence-electron chi connectivity index (χ4n) is 3.68. The van der Waals surface area contributed by atoms with Gasteiger partial charge in [-0.1, -0.05) is 30.3 Å². The molecule has 3 heterocycles. The number of thioether (sulfide) groups is 1. The summed E-state index contributed by atoms with van der Waals surface area (Å²) in [5.74, 6) is 2.13. The van der Waals surface area contributed by atoms with Gasteiger partial charge in [0.15, 0.2) is 5.82 Å². The quantitative estimate of drug-likeness (QED) is 0.482. The molecule has 1 amide bonds. The van der Waals surface area contributed by atoms with Crippen LogP contribution >= 0.6 is 11.8 Å². The average molecular weight is 417 g/mol. The van der Waals surface area contributed by atoms with Gasteiger partial charge in [-0.25, -0.2) is 4.68 Å². The summed E-state index contributed by atoms with van der Waals surface area (Å²) in [7, 11) is 1.65. The van der Waals surface area contributed by atoms with Gasteiger partial charge in [-0.15, -0.1) is 11.8 Å². The normalized spacial score (nSPS) is 16.2. The molecule has 7 heteroatoms. The van der Waals surface area contributed by atoms with Crippen LogP contribution in [0.15, 0.2) is 85.3 Å². The van der Waals surface area contributed by atoms with Crippen LogP contribution in [0.3, 0.4) is 0 Å². The van der Waals surface area contributed by atoms with Crippen LogP contribution in [0.1, 0.15) is 10.9 Å². The number of methoxy groups -OCH3 is 1. The largest absolute Gasteiger partial charge is 0.497 e. The fraction of sp³-hybridized carbons (Fsp3) is 0.130. The van der Waals surface area contributed by atoms with E-state index < -0.39 is 0 Å². The number of carbonyl (C=O) groups excluding carboxylic acids is 1. The predicted molar refractivity (Wildman–Crippen MR) is 119 cm³/mol. The molecule has 1 saturated heterocycles. The zero-order valence-electron chi connectivity index (χ0n) is 16.4. The summed E-state index contributed by atoms with van der Waals surface area (Å²) in [4.78, 5) is 14.8. The molecule has 0 N–H and O–H groups in total. The number of hydrogen-bond donors (Lipinski definition) is 0. The second kappa shape index (κ2) is 7.76. The number of ether oxygens (including phenoxy) is 1. The Morgan fingerprint density at radius 2 is 1.73 bits per heavy atom. The molecule has 1 aliphatic heterocycles. The van der Waals surface area contributed by atoms with Crippen LogP contribution in [0, 0.1) is 0 Å². The van der Waals surface area contributed by atoms with Crippen molar-refractivity contribution in [1.82, 2.24) is 14.3 Å². The second-order valence-corrected chi connectivity index (χ2v) is 7.96. The van der Waals surface area contributed by atoms with Gasteiger partial charge < -0.3 is 9.30 Å². The third-order valence-electron chi connectivity index (χ3n) is 5.10. The Morgan fingerprint density at radius 1 is 1.00 bits per heavy atom. The molecule has 1 aliphatic rings. The minimum atomic E-state index is -0.119. The number of anilines is 1. The Balaban J connectivity index is 1.63. The van der Waals surface area contributed by atoms with Crippen molar-refractivity contribution in [2.24, 2.45) is 0 Å². The minimum Gasteiger partial charge on any atom is -0.497 e. The number of hydrogen-bond acceptors (Lipinski definition) is 4. The number of aromatic nitrogens is 3. The number of nitrogens with zero attached hydrogens (tertiary/aromatic N) is 4. The van der Waals surface area contributed by atoms with Crippen molar-refractivity contribution in [3.8, 4) is 17.3 Å². The van der Waals surface area contributed by atoms with E-state index in [1.165, 1.54) is 0 Å². The molecular formula is C23H20N4O2S. The maximum Gasteiger partial charge on any atom is 0.238 e. The van der Waals surface area contributed by atoms with Crippen molar-refractivity contribution in [3.63, 3.8) is 0 Å². The molecule has 5 rings (SSSR count). The van der Waals surface area contributed by atoms with Crippen LogP contribution in [0.25, 0.3) is 11.5 Å². The highest BCUT2D eigenvalue weighted by Gasteiger charge is 2.37. The highest BCUT2D eigenvalue weighted by molar-refractivity contribution is 8.00. The lowest BCUT2D eigenvalue weighted by molar-refractivity contribution is -0.115. The molecule has 0 radical (unpaired) electrons. The van der Waals surface area contributed by atoms with Crippen molar-refractivity contribution in [2.45, 2.75) is 5.37 Å². The molecule has 2 aromatic heterocycles. The Morgan fingerprint density at radius 3 is 2.43 bits per heavy atom. The first-order valence-electron chi connectivity index (χ1n) is 9.60. The van der Waals surface area contributed by atoms with E-state index in [9.17, 15) is 4.79 Å². The van der Waals surface area contributed by atoms with Crippen LogP contribution in [-0.4, -0.2) is 33.1 Å². The molecule has 150 valence electrons. The molecule has 1 atom stereocenters. The Hall–Kier alpha value is -3.45. The summed E-state index contributed by atoms with van der Waals surface area (Å²) >= 11 is 1.62. The lowest BCUT2D eigenvalue weighted by Gasteiger charge is -2.25. The van der Waals surface area contributed by atoms with Gasteiger partial charge >= 0.3 is 0 Å². The average Bonchev–Trinajstić information content (AvgIpc) is 3.53. The van der Waals surface area contributed by atoms with E-state index in [-0.39, 0.29) is 11.3 Å². The number of carbonyl (C=O) groups is 1. The molecule has 6 nitrogen and oxygen atoms in total. The Kier molecular flexibility index (Phi) is 4.80. The van der Waals surface area contributed by atoms with Crippen LogP contribution in [0.5, 0.6) is 5.75 Å². The minimum absolute atomic E-state index is 0.0711. The van der Waals surface area contributed by atoms with Crippen molar-refractivity contribution in [3.05, 3.63) is 90.9 Å². The van der Waals surface area contributed by atoms with Crippen molar-refractivity contribution in [2.75, 3.05) is 17.8 Å². The van der Waals surface area contributed by atoms with E-state index in [4.69, 9.17) is 4.74 Å². The molecule has 4 aromatic rings. The lowest BCUT2D eigenvalue weighted by Crippen LogP contribution is -2.28. The fourth-order valence-corrected chi connectivity index (χ4v) is 4.85. The van der Waals surface area contributed by atoms with Crippen LogP contribution in [0.4, 0.5) is 5.69 Å². The summed E-state index contributed by atoms with van der Waals surface area (Å²) in [6, 6.07) is 21.8. The first-order valence-corrected chi connectivity index (χ1v) is 10.7. The Bertz CT molecular complexity index is 1150. The highest BCUT2D eigenvalue weighted by Crippen LogP contribution is 2.44. The van der Waals surface area contributed by atoms with Gasteiger partial charge in [0.25, 0.3) is 0 Å². The topological polar surface area (TPSA) is 52.3 Å². The third kappa shape index (κ3) is 3.17. The number of amides is 1. The van der Waals surface area contributed by atoms with E-state index >= 15 is 0 Å². The zero-order chi connectivity index (χ0) is 20.5. The molecule has 30 heavy (non-hydrogen) atoms. The van der Waals surface area contributed by atoms with Gasteiger partial charge in [-0.3, -0.25) is 9.69 Å². The summed E-state index contributed by atoms with van der Waals surface area (Å²) in [6.07, 6.45) is 5.72. The van der Waals surface area contributed by atoms with E-state index in [0.29, 0.717) is 5.75 Å². The lowest BCUT2D eigenvalue weighted by atomic mass is 10.2. The summed E-state index contributed by atoms with van der Waals surface area (Å²) in [5.41, 5.74) is 2.77. The predicted octanol–water partition coefficient (Wildman–Crippen LogP) is 4.45. The van der Waals surface area contributed by atoms with Crippen molar-refractivity contribution < 1.29 is 9.53 Å².